The molecule has 0 aliphatic heterocycles. The summed E-state index contributed by atoms with van der Waals surface area (Å²) in [7, 11) is 0. The molecule has 0 aliphatic carbocycles. The third-order valence-electron chi connectivity index (χ3n) is 2.54. The molecule has 1 aromatic heterocycles. The Bertz CT molecular complexity index is 640. The number of rotatable bonds is 2. The highest BCUT2D eigenvalue weighted by atomic mass is 79.9. The van der Waals surface area contributed by atoms with Crippen LogP contribution in [0.1, 0.15) is 21.5 Å². The molecule has 0 saturated heterocycles. The van der Waals surface area contributed by atoms with Crippen LogP contribution in [-0.2, 0) is 6.18 Å². The molecule has 1 aromatic carbocycles. The molecule has 1 unspecified atom stereocenters. The summed E-state index contributed by atoms with van der Waals surface area (Å²) in [5.41, 5.74) is 0.380. The zero-order valence-electron chi connectivity index (χ0n) is 9.44. The van der Waals surface area contributed by atoms with E-state index in [0.29, 0.717) is 19.8 Å². The Balaban J connectivity index is 2.46. The van der Waals surface area contributed by atoms with Crippen molar-refractivity contribution in [1.82, 2.24) is 0 Å². The van der Waals surface area contributed by atoms with Crippen LogP contribution in [0.25, 0.3) is 0 Å². The molecule has 2 rings (SSSR count). The third-order valence-corrected chi connectivity index (χ3v) is 5.78. The van der Waals surface area contributed by atoms with E-state index in [1.165, 1.54) is 17.4 Å². The van der Waals surface area contributed by atoms with Gasteiger partial charge in [0.1, 0.15) is 0 Å². The Hall–Kier alpha value is 0.250. The van der Waals surface area contributed by atoms with Gasteiger partial charge in [-0.05, 0) is 23.8 Å². The summed E-state index contributed by atoms with van der Waals surface area (Å²) >= 11 is 19.3. The van der Waals surface area contributed by atoms with E-state index in [2.05, 4.69) is 31.9 Å². The van der Waals surface area contributed by atoms with Crippen LogP contribution in [0.4, 0.5) is 13.2 Å². The molecule has 108 valence electrons. The van der Waals surface area contributed by atoms with Crippen LogP contribution in [0.2, 0.25) is 8.67 Å². The average molecular weight is 469 g/mol. The average Bonchev–Trinajstić information content (AvgIpc) is 2.66. The lowest BCUT2D eigenvalue weighted by molar-refractivity contribution is -0.138. The number of hydrogen-bond acceptors (Lipinski definition) is 1. The molecule has 8 heteroatoms. The van der Waals surface area contributed by atoms with Gasteiger partial charge in [-0.15, -0.1) is 11.3 Å². The topological polar surface area (TPSA) is 0 Å². The van der Waals surface area contributed by atoms with Crippen LogP contribution in [-0.4, -0.2) is 0 Å². The minimum absolute atomic E-state index is 0.00268. The lowest BCUT2D eigenvalue weighted by atomic mass is 10.0. The van der Waals surface area contributed by atoms with Gasteiger partial charge in [-0.2, -0.15) is 13.2 Å². The largest absolute Gasteiger partial charge is 0.417 e. The van der Waals surface area contributed by atoms with Crippen LogP contribution >= 0.6 is 66.4 Å². The van der Waals surface area contributed by atoms with Gasteiger partial charge in [0.25, 0.3) is 0 Å². The van der Waals surface area contributed by atoms with Crippen molar-refractivity contribution in [3.8, 4) is 0 Å². The molecule has 0 N–H and O–H groups in total. The molecular formula is C12H5Br2Cl2F3S. The monoisotopic (exact) mass is 466 g/mol. The Kier molecular flexibility index (Phi) is 5.12. The number of alkyl halides is 4. The van der Waals surface area contributed by atoms with Crippen molar-refractivity contribution in [2.24, 2.45) is 0 Å². The van der Waals surface area contributed by atoms with Crippen molar-refractivity contribution in [1.29, 1.82) is 0 Å². The number of halogens is 7. The van der Waals surface area contributed by atoms with Gasteiger partial charge in [0.05, 0.1) is 19.1 Å². The fourth-order valence-electron chi connectivity index (χ4n) is 1.62. The predicted octanol–water partition coefficient (Wildman–Crippen LogP) is 7.32. The number of benzene rings is 1. The van der Waals surface area contributed by atoms with E-state index in [1.54, 1.807) is 12.1 Å². The number of hydrogen-bond donors (Lipinski definition) is 0. The summed E-state index contributed by atoms with van der Waals surface area (Å²) in [6.45, 7) is 0. The maximum atomic E-state index is 12.9. The molecule has 0 saturated carbocycles. The van der Waals surface area contributed by atoms with Gasteiger partial charge in [-0.25, -0.2) is 0 Å². The molecular weight excluding hydrogens is 464 g/mol. The Morgan fingerprint density at radius 3 is 2.30 bits per heavy atom. The Morgan fingerprint density at radius 2 is 1.80 bits per heavy atom. The van der Waals surface area contributed by atoms with Gasteiger partial charge in [-0.3, -0.25) is 0 Å². The van der Waals surface area contributed by atoms with Crippen molar-refractivity contribution in [2.75, 3.05) is 0 Å². The molecule has 0 fully saturated rings. The van der Waals surface area contributed by atoms with E-state index in [4.69, 9.17) is 23.2 Å². The van der Waals surface area contributed by atoms with E-state index >= 15 is 0 Å². The molecule has 0 aliphatic rings. The lowest BCUT2D eigenvalue weighted by Gasteiger charge is -2.14. The first-order chi connectivity index (χ1) is 9.20. The SMILES string of the molecule is FC(F)(F)c1cc(C(Br)c2cc(Cl)sc2Cl)ccc1Br. The van der Waals surface area contributed by atoms with E-state index in [0.717, 1.165) is 6.07 Å². The first-order valence-electron chi connectivity index (χ1n) is 5.15. The standard InChI is InChI=1S/C12H5Br2Cl2F3S/c13-8-2-1-5(3-7(8)12(17,18)19)10(14)6-4-9(15)20-11(6)16/h1-4,10H. The van der Waals surface area contributed by atoms with E-state index in [9.17, 15) is 13.2 Å². The summed E-state index contributed by atoms with van der Waals surface area (Å²) in [4.78, 5) is -0.451. The van der Waals surface area contributed by atoms with Crippen molar-refractivity contribution in [2.45, 2.75) is 11.0 Å². The highest BCUT2D eigenvalue weighted by Crippen LogP contribution is 2.43. The molecule has 0 spiro atoms. The smallest absolute Gasteiger partial charge is 0.166 e. The second-order valence-corrected chi connectivity index (χ2v) is 7.93. The van der Waals surface area contributed by atoms with Crippen LogP contribution in [0.3, 0.4) is 0 Å². The highest BCUT2D eigenvalue weighted by molar-refractivity contribution is 9.10. The van der Waals surface area contributed by atoms with Gasteiger partial charge in [0.15, 0.2) is 0 Å². The zero-order chi connectivity index (χ0) is 15.1. The maximum Gasteiger partial charge on any atom is 0.417 e. The van der Waals surface area contributed by atoms with Gasteiger partial charge in [0, 0.05) is 10.0 Å². The second-order valence-electron chi connectivity index (χ2n) is 3.88. The second kappa shape index (κ2) is 6.16. The zero-order valence-corrected chi connectivity index (χ0v) is 14.9. The molecule has 2 aromatic rings. The summed E-state index contributed by atoms with van der Waals surface area (Å²) in [6, 6.07) is 5.70. The summed E-state index contributed by atoms with van der Waals surface area (Å²) < 4.78 is 39.6. The molecule has 0 amide bonds. The fourth-order valence-corrected chi connectivity index (χ4v) is 4.56. The Labute approximate surface area is 144 Å². The lowest BCUT2D eigenvalue weighted by Crippen LogP contribution is -2.07. The molecule has 20 heavy (non-hydrogen) atoms. The third kappa shape index (κ3) is 3.53. The van der Waals surface area contributed by atoms with Crippen molar-refractivity contribution in [3.63, 3.8) is 0 Å². The van der Waals surface area contributed by atoms with Gasteiger partial charge in [-0.1, -0.05) is 61.1 Å². The van der Waals surface area contributed by atoms with Gasteiger partial charge < -0.3 is 0 Å². The minimum Gasteiger partial charge on any atom is -0.166 e. The van der Waals surface area contributed by atoms with Crippen molar-refractivity contribution >= 4 is 66.4 Å². The first-order valence-corrected chi connectivity index (χ1v) is 8.43. The van der Waals surface area contributed by atoms with Crippen LogP contribution in [0, 0.1) is 0 Å². The van der Waals surface area contributed by atoms with Crippen LogP contribution < -0.4 is 0 Å². The quantitative estimate of drug-likeness (QED) is 0.405. The normalized spacial score (nSPS) is 13.6. The van der Waals surface area contributed by atoms with E-state index in [-0.39, 0.29) is 4.47 Å². The van der Waals surface area contributed by atoms with Gasteiger partial charge >= 0.3 is 6.18 Å². The van der Waals surface area contributed by atoms with Crippen LogP contribution in [0.5, 0.6) is 0 Å². The number of thiophene rings is 1. The van der Waals surface area contributed by atoms with Crippen molar-refractivity contribution in [3.05, 3.63) is 54.1 Å². The molecule has 0 bridgehead atoms. The minimum atomic E-state index is -4.42. The Morgan fingerprint density at radius 1 is 1.15 bits per heavy atom. The fraction of sp³-hybridized carbons (Fsp3) is 0.167. The van der Waals surface area contributed by atoms with E-state index in [1.807, 2.05) is 0 Å². The molecule has 0 radical (unpaired) electrons. The van der Waals surface area contributed by atoms with E-state index < -0.39 is 16.6 Å². The summed E-state index contributed by atoms with van der Waals surface area (Å²) in [5.74, 6) is 0. The summed E-state index contributed by atoms with van der Waals surface area (Å²) in [6.07, 6.45) is -4.42. The molecule has 1 atom stereocenters. The maximum absolute atomic E-state index is 12.9. The molecule has 0 nitrogen and oxygen atoms in total. The first kappa shape index (κ1) is 16.6. The van der Waals surface area contributed by atoms with Crippen molar-refractivity contribution < 1.29 is 13.2 Å². The van der Waals surface area contributed by atoms with Crippen LogP contribution in [0.15, 0.2) is 28.7 Å². The highest BCUT2D eigenvalue weighted by Gasteiger charge is 2.33. The predicted molar refractivity (Wildman–Crippen MR) is 84.3 cm³/mol. The molecule has 1 heterocycles. The summed E-state index contributed by atoms with van der Waals surface area (Å²) in [5, 5.41) is 0. The van der Waals surface area contributed by atoms with Gasteiger partial charge in [0.2, 0.25) is 0 Å².